The number of amides is 2. The average molecular weight is 264 g/mol. The smallest absolute Gasteiger partial charge is 0.315 e. The third-order valence-electron chi connectivity index (χ3n) is 2.93. The van der Waals surface area contributed by atoms with E-state index >= 15 is 0 Å². The molecule has 1 aromatic carbocycles. The number of carbonyl (C=O) groups excluding carboxylic acids is 1. The molecular weight excluding hydrogens is 240 g/mol. The Labute approximate surface area is 115 Å². The van der Waals surface area contributed by atoms with Crippen LogP contribution in [0.4, 0.5) is 4.79 Å². The highest BCUT2D eigenvalue weighted by molar-refractivity contribution is 5.74. The minimum Gasteiger partial charge on any atom is -0.394 e. The second-order valence-corrected chi connectivity index (χ2v) is 5.91. The Balaban J connectivity index is 2.80. The van der Waals surface area contributed by atoms with Crippen molar-refractivity contribution in [2.45, 2.75) is 39.8 Å². The highest BCUT2D eigenvalue weighted by Crippen LogP contribution is 2.32. The number of hydrogen-bond acceptors (Lipinski definition) is 2. The van der Waals surface area contributed by atoms with Gasteiger partial charge in [0.25, 0.3) is 0 Å². The van der Waals surface area contributed by atoms with Gasteiger partial charge in [-0.05, 0) is 17.9 Å². The molecule has 0 bridgehead atoms. The lowest BCUT2D eigenvalue weighted by atomic mass is 9.82. The van der Waals surface area contributed by atoms with Crippen molar-refractivity contribution >= 4 is 6.03 Å². The van der Waals surface area contributed by atoms with Gasteiger partial charge >= 0.3 is 6.03 Å². The van der Waals surface area contributed by atoms with E-state index < -0.39 is 0 Å². The number of urea groups is 1. The zero-order chi connectivity index (χ0) is 14.5. The van der Waals surface area contributed by atoms with Crippen molar-refractivity contribution in [2.75, 3.05) is 6.61 Å². The van der Waals surface area contributed by atoms with Crippen molar-refractivity contribution in [1.82, 2.24) is 10.6 Å². The van der Waals surface area contributed by atoms with Crippen molar-refractivity contribution in [3.05, 3.63) is 35.9 Å². The van der Waals surface area contributed by atoms with Gasteiger partial charge in [-0.3, -0.25) is 0 Å². The molecule has 2 atom stereocenters. The lowest BCUT2D eigenvalue weighted by Gasteiger charge is -2.32. The Bertz CT molecular complexity index is 398. The minimum atomic E-state index is -0.259. The van der Waals surface area contributed by atoms with Crippen LogP contribution in [0.5, 0.6) is 0 Å². The normalized spacial score (nSPS) is 14.6. The molecule has 0 saturated heterocycles. The van der Waals surface area contributed by atoms with E-state index in [1.54, 1.807) is 6.92 Å². The molecule has 0 saturated carbocycles. The van der Waals surface area contributed by atoms with Crippen LogP contribution in [0, 0.1) is 5.41 Å². The number of hydrogen-bond donors (Lipinski definition) is 3. The summed E-state index contributed by atoms with van der Waals surface area (Å²) in [6.07, 6.45) is 0. The lowest BCUT2D eigenvalue weighted by molar-refractivity contribution is 0.204. The van der Waals surface area contributed by atoms with E-state index in [2.05, 4.69) is 31.4 Å². The van der Waals surface area contributed by atoms with Gasteiger partial charge in [-0.15, -0.1) is 0 Å². The predicted octanol–water partition coefficient (Wildman–Crippen LogP) is 2.45. The van der Waals surface area contributed by atoms with Crippen molar-refractivity contribution in [2.24, 2.45) is 5.41 Å². The molecule has 1 aromatic rings. The number of nitrogens with one attached hydrogen (secondary N) is 2. The highest BCUT2D eigenvalue weighted by atomic mass is 16.3. The van der Waals surface area contributed by atoms with Gasteiger partial charge in [0.05, 0.1) is 18.7 Å². The number of aliphatic hydroxyl groups excluding tert-OH is 1. The SMILES string of the molecule is C[C@@H](CO)NC(=O)NC(c1ccccc1)C(C)(C)C. The largest absolute Gasteiger partial charge is 0.394 e. The van der Waals surface area contributed by atoms with Gasteiger partial charge < -0.3 is 15.7 Å². The molecule has 0 aliphatic rings. The molecule has 19 heavy (non-hydrogen) atoms. The van der Waals surface area contributed by atoms with Crippen LogP contribution in [0.15, 0.2) is 30.3 Å². The Morgan fingerprint density at radius 1 is 1.21 bits per heavy atom. The molecule has 0 radical (unpaired) electrons. The van der Waals surface area contributed by atoms with E-state index in [4.69, 9.17) is 5.11 Å². The summed E-state index contributed by atoms with van der Waals surface area (Å²) in [4.78, 5) is 11.9. The summed E-state index contributed by atoms with van der Waals surface area (Å²) in [6.45, 7) is 7.94. The Kier molecular flexibility index (Phi) is 5.36. The Morgan fingerprint density at radius 3 is 2.26 bits per heavy atom. The van der Waals surface area contributed by atoms with Crippen LogP contribution in [0.3, 0.4) is 0 Å². The first kappa shape index (κ1) is 15.5. The van der Waals surface area contributed by atoms with Gasteiger partial charge in [-0.1, -0.05) is 51.1 Å². The topological polar surface area (TPSA) is 61.4 Å². The summed E-state index contributed by atoms with van der Waals surface area (Å²) in [6, 6.07) is 9.30. The number of benzene rings is 1. The molecule has 106 valence electrons. The van der Waals surface area contributed by atoms with E-state index in [1.807, 2.05) is 30.3 Å². The first-order chi connectivity index (χ1) is 8.84. The van der Waals surface area contributed by atoms with Crippen molar-refractivity contribution in [3.8, 4) is 0 Å². The number of carbonyl (C=O) groups is 1. The van der Waals surface area contributed by atoms with Gasteiger partial charge in [0.1, 0.15) is 0 Å². The van der Waals surface area contributed by atoms with Crippen molar-refractivity contribution in [1.29, 1.82) is 0 Å². The maximum Gasteiger partial charge on any atom is 0.315 e. The monoisotopic (exact) mass is 264 g/mol. The van der Waals surface area contributed by atoms with Crippen LogP contribution in [-0.4, -0.2) is 23.8 Å². The van der Waals surface area contributed by atoms with Crippen LogP contribution in [-0.2, 0) is 0 Å². The molecule has 0 heterocycles. The van der Waals surface area contributed by atoms with Crippen LogP contribution in [0.1, 0.15) is 39.3 Å². The molecule has 4 nitrogen and oxygen atoms in total. The molecule has 1 rings (SSSR count). The zero-order valence-corrected chi connectivity index (χ0v) is 12.1. The molecule has 0 aromatic heterocycles. The van der Waals surface area contributed by atoms with E-state index in [0.717, 1.165) is 5.56 Å². The standard InChI is InChI=1S/C15H24N2O2/c1-11(10-18)16-14(19)17-13(15(2,3)4)12-8-6-5-7-9-12/h5-9,11,13,18H,10H2,1-4H3,(H2,16,17,19)/t11-,13?/m0/s1. The lowest BCUT2D eigenvalue weighted by Crippen LogP contribution is -2.46. The molecule has 2 amide bonds. The maximum atomic E-state index is 11.9. The third-order valence-corrected chi connectivity index (χ3v) is 2.93. The molecule has 0 aliphatic carbocycles. The van der Waals surface area contributed by atoms with Gasteiger partial charge in [0.2, 0.25) is 0 Å². The summed E-state index contributed by atoms with van der Waals surface area (Å²) >= 11 is 0. The molecule has 3 N–H and O–H groups in total. The van der Waals surface area contributed by atoms with Crippen molar-refractivity contribution in [3.63, 3.8) is 0 Å². The summed E-state index contributed by atoms with van der Waals surface area (Å²) in [5.41, 5.74) is 0.975. The van der Waals surface area contributed by atoms with E-state index in [0.29, 0.717) is 0 Å². The summed E-state index contributed by atoms with van der Waals surface area (Å²) in [7, 11) is 0. The van der Waals surface area contributed by atoms with E-state index in [9.17, 15) is 4.79 Å². The van der Waals surface area contributed by atoms with Gasteiger partial charge in [-0.25, -0.2) is 4.79 Å². The second-order valence-electron chi connectivity index (χ2n) is 5.91. The molecular formula is C15H24N2O2. The molecule has 0 aliphatic heterocycles. The minimum absolute atomic E-state index is 0.0705. The van der Waals surface area contributed by atoms with E-state index in [-0.39, 0.29) is 30.1 Å². The molecule has 1 unspecified atom stereocenters. The van der Waals surface area contributed by atoms with Gasteiger partial charge in [0, 0.05) is 0 Å². The number of aliphatic hydroxyl groups is 1. The van der Waals surface area contributed by atoms with Crippen LogP contribution in [0.2, 0.25) is 0 Å². The first-order valence-electron chi connectivity index (χ1n) is 6.57. The maximum absolute atomic E-state index is 11.9. The third kappa shape index (κ3) is 4.91. The first-order valence-corrected chi connectivity index (χ1v) is 6.57. The zero-order valence-electron chi connectivity index (χ0n) is 12.1. The fourth-order valence-electron chi connectivity index (χ4n) is 1.89. The Hall–Kier alpha value is -1.55. The molecule has 4 heteroatoms. The second kappa shape index (κ2) is 6.57. The quantitative estimate of drug-likeness (QED) is 0.782. The van der Waals surface area contributed by atoms with Gasteiger partial charge in [-0.2, -0.15) is 0 Å². The van der Waals surface area contributed by atoms with Crippen molar-refractivity contribution < 1.29 is 9.90 Å². The van der Waals surface area contributed by atoms with E-state index in [1.165, 1.54) is 0 Å². The predicted molar refractivity (Wildman–Crippen MR) is 76.9 cm³/mol. The fourth-order valence-corrected chi connectivity index (χ4v) is 1.89. The fraction of sp³-hybridized carbons (Fsp3) is 0.533. The summed E-state index contributed by atoms with van der Waals surface area (Å²) in [5, 5.41) is 14.6. The summed E-state index contributed by atoms with van der Waals surface area (Å²) in [5.74, 6) is 0. The number of rotatable bonds is 4. The summed E-state index contributed by atoms with van der Waals surface area (Å²) < 4.78 is 0. The average Bonchev–Trinajstić information content (AvgIpc) is 2.35. The van der Waals surface area contributed by atoms with Crippen LogP contribution >= 0.6 is 0 Å². The van der Waals surface area contributed by atoms with Gasteiger partial charge in [0.15, 0.2) is 0 Å². The molecule has 0 fully saturated rings. The van der Waals surface area contributed by atoms with Crippen LogP contribution < -0.4 is 10.6 Å². The van der Waals surface area contributed by atoms with Crippen LogP contribution in [0.25, 0.3) is 0 Å². The molecule has 0 spiro atoms. The Morgan fingerprint density at radius 2 is 1.79 bits per heavy atom. The highest BCUT2D eigenvalue weighted by Gasteiger charge is 2.27.